The van der Waals surface area contributed by atoms with E-state index in [0.717, 1.165) is 44.3 Å². The van der Waals surface area contributed by atoms with Crippen molar-refractivity contribution in [2.45, 2.75) is 50.6 Å². The lowest BCUT2D eigenvalue weighted by atomic mass is 9.82. The van der Waals surface area contributed by atoms with E-state index in [1.165, 1.54) is 6.42 Å². The van der Waals surface area contributed by atoms with Crippen LogP contribution in [0.4, 0.5) is 11.4 Å². The number of nitrogens with one attached hydrogen (secondary N) is 1. The summed E-state index contributed by atoms with van der Waals surface area (Å²) in [5, 5.41) is 2.85. The molecule has 0 radical (unpaired) electrons. The highest BCUT2D eigenvalue weighted by molar-refractivity contribution is 6.09. The molecule has 0 spiro atoms. The molecule has 0 aromatic heterocycles. The van der Waals surface area contributed by atoms with Crippen molar-refractivity contribution in [3.8, 4) is 0 Å². The number of hydrogen-bond acceptors (Lipinski definition) is 5. The van der Waals surface area contributed by atoms with Crippen molar-refractivity contribution in [3.05, 3.63) is 24.3 Å². The van der Waals surface area contributed by atoms with Gasteiger partial charge in [-0.05, 0) is 55.9 Å². The Morgan fingerprint density at radius 3 is 2.40 bits per heavy atom. The van der Waals surface area contributed by atoms with E-state index in [9.17, 15) is 14.4 Å². The van der Waals surface area contributed by atoms with Gasteiger partial charge < -0.3 is 20.7 Å². The first-order valence-electron chi connectivity index (χ1n) is 10.9. The number of ether oxygens (including phenoxy) is 1. The zero-order valence-electron chi connectivity index (χ0n) is 17.2. The van der Waals surface area contributed by atoms with Crippen molar-refractivity contribution in [1.82, 2.24) is 4.90 Å². The summed E-state index contributed by atoms with van der Waals surface area (Å²) in [6.07, 6.45) is 6.66. The van der Waals surface area contributed by atoms with Crippen LogP contribution in [0.2, 0.25) is 0 Å². The van der Waals surface area contributed by atoms with E-state index in [1.807, 2.05) is 4.90 Å². The molecular weight excluding hydrogens is 384 g/mol. The van der Waals surface area contributed by atoms with E-state index in [2.05, 4.69) is 5.32 Å². The molecule has 3 N–H and O–H groups in total. The summed E-state index contributed by atoms with van der Waals surface area (Å²) in [4.78, 5) is 41.0. The van der Waals surface area contributed by atoms with Crippen LogP contribution in [0.15, 0.2) is 24.3 Å². The van der Waals surface area contributed by atoms with Gasteiger partial charge in [0.25, 0.3) is 11.8 Å². The van der Waals surface area contributed by atoms with E-state index in [4.69, 9.17) is 10.5 Å². The Morgan fingerprint density at radius 2 is 1.87 bits per heavy atom. The van der Waals surface area contributed by atoms with Crippen molar-refractivity contribution in [2.24, 2.45) is 11.7 Å². The van der Waals surface area contributed by atoms with Crippen LogP contribution in [-0.4, -0.2) is 61.0 Å². The van der Waals surface area contributed by atoms with Gasteiger partial charge in [0, 0.05) is 30.5 Å². The third kappa shape index (κ3) is 4.49. The van der Waals surface area contributed by atoms with Crippen LogP contribution in [0.5, 0.6) is 0 Å². The molecule has 8 nitrogen and oxygen atoms in total. The number of nitrogens with two attached hydrogens (primary N) is 1. The second-order valence-electron chi connectivity index (χ2n) is 8.52. The Bertz CT molecular complexity index is 789. The average molecular weight is 415 g/mol. The number of anilines is 2. The number of hydrogen-bond donors (Lipinski definition) is 2. The number of primary amides is 1. The predicted octanol–water partition coefficient (Wildman–Crippen LogP) is 1.50. The zero-order chi connectivity index (χ0) is 21.1. The summed E-state index contributed by atoms with van der Waals surface area (Å²) in [5.74, 6) is -0.525. The molecule has 1 atom stereocenters. The van der Waals surface area contributed by atoms with E-state index < -0.39 is 11.9 Å². The number of carbonyl (C=O) groups is 3. The molecule has 4 rings (SSSR count). The van der Waals surface area contributed by atoms with Gasteiger partial charge in [0.15, 0.2) is 6.04 Å². The fraction of sp³-hybridized carbons (Fsp3) is 0.591. The van der Waals surface area contributed by atoms with E-state index in [1.54, 1.807) is 29.2 Å². The first-order chi connectivity index (χ1) is 14.5. The normalized spacial score (nSPS) is 21.1. The van der Waals surface area contributed by atoms with Gasteiger partial charge in [-0.2, -0.15) is 0 Å². The number of rotatable bonds is 8. The number of morpholine rings is 1. The molecule has 0 unspecified atom stereocenters. The molecule has 1 heterocycles. The van der Waals surface area contributed by atoms with Crippen molar-refractivity contribution in [3.63, 3.8) is 0 Å². The lowest BCUT2D eigenvalue weighted by Crippen LogP contribution is -2.58. The van der Waals surface area contributed by atoms with Crippen LogP contribution in [0.1, 0.15) is 38.5 Å². The maximum Gasteiger partial charge on any atom is 0.253 e. The van der Waals surface area contributed by atoms with Crippen LogP contribution in [0, 0.1) is 5.92 Å². The summed E-state index contributed by atoms with van der Waals surface area (Å²) >= 11 is 0. The summed E-state index contributed by atoms with van der Waals surface area (Å²) < 4.78 is 5.16. The Kier molecular flexibility index (Phi) is 6.34. The minimum absolute atomic E-state index is 0.0801. The molecule has 2 aliphatic carbocycles. The van der Waals surface area contributed by atoms with Gasteiger partial charge in [0.05, 0.1) is 6.61 Å². The summed E-state index contributed by atoms with van der Waals surface area (Å²) in [7, 11) is 0. The molecule has 162 valence electrons. The topological polar surface area (TPSA) is 105 Å². The molecule has 1 aromatic carbocycles. The van der Waals surface area contributed by atoms with Crippen molar-refractivity contribution >= 4 is 29.1 Å². The number of carbonyl (C=O) groups excluding carboxylic acids is 3. The third-order valence-corrected chi connectivity index (χ3v) is 6.52. The van der Waals surface area contributed by atoms with Crippen LogP contribution in [-0.2, 0) is 19.1 Å². The van der Waals surface area contributed by atoms with E-state index in [0.29, 0.717) is 24.8 Å². The number of benzene rings is 1. The molecule has 1 aromatic rings. The zero-order valence-corrected chi connectivity index (χ0v) is 17.2. The predicted molar refractivity (Wildman–Crippen MR) is 113 cm³/mol. The van der Waals surface area contributed by atoms with E-state index >= 15 is 0 Å². The Balaban J connectivity index is 1.44. The fourth-order valence-corrected chi connectivity index (χ4v) is 4.33. The molecule has 3 amide bonds. The van der Waals surface area contributed by atoms with Gasteiger partial charge in [-0.1, -0.05) is 12.8 Å². The highest BCUT2D eigenvalue weighted by Gasteiger charge is 2.39. The first-order valence-corrected chi connectivity index (χ1v) is 10.9. The quantitative estimate of drug-likeness (QED) is 0.627. The molecule has 3 aliphatic rings. The number of nitrogens with zero attached hydrogens (tertiary/aromatic N) is 2. The first kappa shape index (κ1) is 20.8. The third-order valence-electron chi connectivity index (χ3n) is 6.52. The molecule has 0 bridgehead atoms. The lowest BCUT2D eigenvalue weighted by Gasteiger charge is -2.43. The summed E-state index contributed by atoms with van der Waals surface area (Å²) in [6, 6.07) is 6.35. The second-order valence-corrected chi connectivity index (χ2v) is 8.52. The average Bonchev–Trinajstić information content (AvgIpc) is 2.64. The van der Waals surface area contributed by atoms with Crippen LogP contribution < -0.4 is 16.0 Å². The summed E-state index contributed by atoms with van der Waals surface area (Å²) in [6.45, 7) is 1.84. The Hall–Kier alpha value is -2.45. The Morgan fingerprint density at radius 1 is 1.17 bits per heavy atom. The standard InChI is InChI=1S/C22H30N4O4/c23-21(28)20(26(17-5-2-6-17)13-15-3-1-4-15)22(29)24-16-7-9-18(10-8-16)25-11-12-30-14-19(25)27/h7-10,15,17,20H,1-6,11-14H2,(H2,23,28)(H,24,29)/t20-/m1/s1. The van der Waals surface area contributed by atoms with Gasteiger partial charge in [-0.15, -0.1) is 0 Å². The van der Waals surface area contributed by atoms with Crippen molar-refractivity contribution in [2.75, 3.05) is 36.5 Å². The maximum atomic E-state index is 13.0. The highest BCUT2D eigenvalue weighted by atomic mass is 16.5. The molecule has 2 saturated carbocycles. The lowest BCUT2D eigenvalue weighted by molar-refractivity contribution is -0.135. The smallest absolute Gasteiger partial charge is 0.253 e. The maximum absolute atomic E-state index is 13.0. The highest BCUT2D eigenvalue weighted by Crippen LogP contribution is 2.33. The summed E-state index contributed by atoms with van der Waals surface area (Å²) in [5.41, 5.74) is 7.02. The molecule has 30 heavy (non-hydrogen) atoms. The molecule has 3 fully saturated rings. The van der Waals surface area contributed by atoms with Crippen LogP contribution >= 0.6 is 0 Å². The number of amides is 3. The van der Waals surface area contributed by atoms with Gasteiger partial charge in [-0.25, -0.2) is 0 Å². The van der Waals surface area contributed by atoms with E-state index in [-0.39, 0.29) is 24.5 Å². The molecule has 1 saturated heterocycles. The van der Waals surface area contributed by atoms with Crippen LogP contribution in [0.25, 0.3) is 0 Å². The van der Waals surface area contributed by atoms with Gasteiger partial charge in [0.2, 0.25) is 5.91 Å². The minimum atomic E-state index is -0.962. The molecule has 8 heteroatoms. The van der Waals surface area contributed by atoms with Crippen molar-refractivity contribution < 1.29 is 19.1 Å². The second kappa shape index (κ2) is 9.14. The monoisotopic (exact) mass is 414 g/mol. The van der Waals surface area contributed by atoms with Gasteiger partial charge in [0.1, 0.15) is 6.61 Å². The molecule has 1 aliphatic heterocycles. The van der Waals surface area contributed by atoms with Crippen LogP contribution in [0.3, 0.4) is 0 Å². The van der Waals surface area contributed by atoms with Crippen molar-refractivity contribution in [1.29, 1.82) is 0 Å². The van der Waals surface area contributed by atoms with Gasteiger partial charge >= 0.3 is 0 Å². The largest absolute Gasteiger partial charge is 0.370 e. The SMILES string of the molecule is NC(=O)[C@H](C(=O)Nc1ccc(N2CCOCC2=O)cc1)N(CC1CCC1)C1CCC1. The Labute approximate surface area is 176 Å². The minimum Gasteiger partial charge on any atom is -0.370 e. The van der Waals surface area contributed by atoms with Gasteiger partial charge in [-0.3, -0.25) is 19.3 Å². The molecular formula is C22H30N4O4. The fourth-order valence-electron chi connectivity index (χ4n) is 4.33.